The summed E-state index contributed by atoms with van der Waals surface area (Å²) in [6.45, 7) is 5.71. The normalized spacial score (nSPS) is 14.1. The van der Waals surface area contributed by atoms with E-state index in [2.05, 4.69) is 48.6 Å². The van der Waals surface area contributed by atoms with Gasteiger partial charge in [0.2, 0.25) is 0 Å². The fourth-order valence-corrected chi connectivity index (χ4v) is 3.54. The summed E-state index contributed by atoms with van der Waals surface area (Å²) in [5.74, 6) is 0.801. The second-order valence-electron chi connectivity index (χ2n) is 8.20. The fourth-order valence-electron chi connectivity index (χ4n) is 3.54. The van der Waals surface area contributed by atoms with Gasteiger partial charge in [0.15, 0.2) is 0 Å². The number of rotatable bonds is 10. The van der Waals surface area contributed by atoms with Crippen LogP contribution in [0.3, 0.4) is 0 Å². The highest BCUT2D eigenvalue weighted by Gasteiger charge is 2.09. The Morgan fingerprint density at radius 1 is 1.03 bits per heavy atom. The van der Waals surface area contributed by atoms with Crippen molar-refractivity contribution in [3.05, 3.63) is 60.2 Å². The van der Waals surface area contributed by atoms with Crippen LogP contribution in [0.15, 0.2) is 54.6 Å². The maximum Gasteiger partial charge on any atom is 0.306 e. The summed E-state index contributed by atoms with van der Waals surface area (Å²) in [7, 11) is 1.00. The largest absolute Gasteiger partial charge is 0.463 e. The molecule has 0 heterocycles. The van der Waals surface area contributed by atoms with E-state index in [0.29, 0.717) is 6.42 Å². The van der Waals surface area contributed by atoms with Gasteiger partial charge in [-0.1, -0.05) is 73.9 Å². The predicted octanol–water partition coefficient (Wildman–Crippen LogP) is 7.44. The van der Waals surface area contributed by atoms with Gasteiger partial charge in [0.1, 0.15) is 0 Å². The van der Waals surface area contributed by atoms with Crippen molar-refractivity contribution in [2.45, 2.75) is 97.5 Å². The van der Waals surface area contributed by atoms with E-state index >= 15 is 0 Å². The molecule has 0 aromatic heterocycles. The highest BCUT2D eigenvalue weighted by atomic mass is 16.5. The molecule has 0 spiro atoms. The van der Waals surface area contributed by atoms with E-state index in [-0.39, 0.29) is 12.1 Å². The van der Waals surface area contributed by atoms with E-state index in [1.54, 1.807) is 0 Å². The molecule has 1 fully saturated rings. The number of ether oxygens (including phenoxy) is 1. The molecule has 176 valence electrons. The van der Waals surface area contributed by atoms with E-state index in [0.717, 1.165) is 25.9 Å². The molecular formula is C28H46O3. The summed E-state index contributed by atoms with van der Waals surface area (Å²) < 4.78 is 4.97. The highest BCUT2D eigenvalue weighted by molar-refractivity contribution is 5.69. The van der Waals surface area contributed by atoms with Crippen LogP contribution in [-0.2, 0) is 16.0 Å². The molecule has 0 radical (unpaired) electrons. The van der Waals surface area contributed by atoms with E-state index < -0.39 is 0 Å². The summed E-state index contributed by atoms with van der Waals surface area (Å²) >= 11 is 0. The van der Waals surface area contributed by atoms with E-state index in [4.69, 9.17) is 9.84 Å². The molecule has 3 heteroatoms. The second-order valence-corrected chi connectivity index (χ2v) is 8.20. The maximum atomic E-state index is 11.0. The first kappa shape index (κ1) is 29.1. The van der Waals surface area contributed by atoms with Gasteiger partial charge in [-0.25, -0.2) is 0 Å². The van der Waals surface area contributed by atoms with Gasteiger partial charge in [-0.3, -0.25) is 4.79 Å². The molecule has 1 aromatic rings. The lowest BCUT2D eigenvalue weighted by Crippen LogP contribution is -2.10. The van der Waals surface area contributed by atoms with Crippen molar-refractivity contribution in [1.82, 2.24) is 0 Å². The number of unbranched alkanes of at least 4 members (excludes halogenated alkanes) is 2. The minimum Gasteiger partial charge on any atom is -0.463 e. The fraction of sp³-hybridized carbons (Fsp3) is 0.607. The summed E-state index contributed by atoms with van der Waals surface area (Å²) in [5.41, 5.74) is 1.47. The Kier molecular flexibility index (Phi) is 20.1. The SMILES string of the molecule is C(=C\C1CCCCC1)/CCCc1ccccc1.C/C=C\CCCC(=O)OC(C)C.CO. The van der Waals surface area contributed by atoms with Crippen molar-refractivity contribution in [3.63, 3.8) is 0 Å². The standard InChI is InChI=1S/C17H24.C10H18O2.CH4O/c1-4-10-16(11-5-1)14-8-3-9-15-17-12-6-2-7-13-17;1-4-5-6-7-8-10(11)12-9(2)3;1-2/h1,4-5,9-11,15,17H,2-3,6-8,12-14H2;4-5,9H,6-8H2,1-3H3;2H,1H3/b15-9+;5-4-;. The van der Waals surface area contributed by atoms with Crippen LogP contribution in [0.2, 0.25) is 0 Å². The molecule has 0 atom stereocenters. The first-order valence-electron chi connectivity index (χ1n) is 12.1. The van der Waals surface area contributed by atoms with E-state index in [9.17, 15) is 4.79 Å². The Labute approximate surface area is 191 Å². The van der Waals surface area contributed by atoms with Crippen molar-refractivity contribution in [2.75, 3.05) is 7.11 Å². The predicted molar refractivity (Wildman–Crippen MR) is 133 cm³/mol. The van der Waals surface area contributed by atoms with Gasteiger partial charge < -0.3 is 9.84 Å². The average molecular weight is 431 g/mol. The Morgan fingerprint density at radius 2 is 1.68 bits per heavy atom. The van der Waals surface area contributed by atoms with Crippen molar-refractivity contribution in [2.24, 2.45) is 5.92 Å². The van der Waals surface area contributed by atoms with Crippen molar-refractivity contribution >= 4 is 5.97 Å². The van der Waals surface area contributed by atoms with Gasteiger partial charge in [0.05, 0.1) is 6.10 Å². The van der Waals surface area contributed by atoms with Crippen LogP contribution in [0.4, 0.5) is 0 Å². The monoisotopic (exact) mass is 430 g/mol. The Hall–Kier alpha value is -1.87. The van der Waals surface area contributed by atoms with Crippen molar-refractivity contribution < 1.29 is 14.6 Å². The Balaban J connectivity index is 0.000000570. The molecule has 2 rings (SSSR count). The number of aliphatic hydroxyl groups excluding tert-OH is 1. The van der Waals surface area contributed by atoms with Gasteiger partial charge in [-0.05, 0) is 77.2 Å². The lowest BCUT2D eigenvalue weighted by Gasteiger charge is -2.17. The van der Waals surface area contributed by atoms with Crippen LogP contribution in [0.1, 0.15) is 90.5 Å². The molecule has 1 N–H and O–H groups in total. The van der Waals surface area contributed by atoms with Crippen LogP contribution in [0.25, 0.3) is 0 Å². The van der Waals surface area contributed by atoms with E-state index in [1.165, 1.54) is 56.9 Å². The second kappa shape index (κ2) is 21.4. The van der Waals surface area contributed by atoms with Crippen molar-refractivity contribution in [1.29, 1.82) is 0 Å². The molecule has 0 unspecified atom stereocenters. The first-order chi connectivity index (χ1) is 15.1. The average Bonchev–Trinajstić information content (AvgIpc) is 2.79. The molecule has 0 amide bonds. The lowest BCUT2D eigenvalue weighted by molar-refractivity contribution is -0.147. The van der Waals surface area contributed by atoms with Gasteiger partial charge >= 0.3 is 5.97 Å². The number of allylic oxidation sites excluding steroid dienone is 4. The zero-order valence-electron chi connectivity index (χ0n) is 20.4. The quantitative estimate of drug-likeness (QED) is 0.238. The Morgan fingerprint density at radius 3 is 2.29 bits per heavy atom. The van der Waals surface area contributed by atoms with Gasteiger partial charge in [-0.2, -0.15) is 0 Å². The number of hydrogen-bond donors (Lipinski definition) is 1. The molecule has 0 aliphatic heterocycles. The smallest absolute Gasteiger partial charge is 0.306 e. The summed E-state index contributed by atoms with van der Waals surface area (Å²) in [5, 5.41) is 7.00. The third-order valence-electron chi connectivity index (χ3n) is 5.09. The summed E-state index contributed by atoms with van der Waals surface area (Å²) in [4.78, 5) is 11.0. The van der Waals surface area contributed by atoms with Crippen LogP contribution in [-0.4, -0.2) is 24.3 Å². The zero-order valence-corrected chi connectivity index (χ0v) is 20.4. The van der Waals surface area contributed by atoms with Crippen LogP contribution < -0.4 is 0 Å². The minimum absolute atomic E-state index is 0.0132. The molecule has 1 saturated carbocycles. The number of carbonyl (C=O) groups excluding carboxylic acids is 1. The van der Waals surface area contributed by atoms with Gasteiger partial charge in [0, 0.05) is 13.5 Å². The summed E-state index contributed by atoms with van der Waals surface area (Å²) in [6.07, 6.45) is 22.3. The third kappa shape index (κ3) is 18.6. The number of aryl methyl sites for hydroxylation is 1. The molecule has 3 nitrogen and oxygen atoms in total. The number of hydrogen-bond acceptors (Lipinski definition) is 3. The highest BCUT2D eigenvalue weighted by Crippen LogP contribution is 2.24. The molecule has 0 saturated heterocycles. The maximum absolute atomic E-state index is 11.0. The topological polar surface area (TPSA) is 46.5 Å². The van der Waals surface area contributed by atoms with Gasteiger partial charge in [-0.15, -0.1) is 0 Å². The van der Waals surface area contributed by atoms with E-state index in [1.807, 2.05) is 26.8 Å². The number of benzene rings is 1. The molecule has 1 aromatic carbocycles. The molecule has 0 bridgehead atoms. The lowest BCUT2D eigenvalue weighted by atomic mass is 9.89. The number of aliphatic hydroxyl groups is 1. The Bertz CT molecular complexity index is 569. The number of carbonyl (C=O) groups is 1. The minimum atomic E-state index is -0.0884. The number of esters is 1. The summed E-state index contributed by atoms with van der Waals surface area (Å²) in [6, 6.07) is 10.8. The first-order valence-corrected chi connectivity index (χ1v) is 12.1. The molecule has 1 aliphatic carbocycles. The van der Waals surface area contributed by atoms with Crippen LogP contribution in [0.5, 0.6) is 0 Å². The van der Waals surface area contributed by atoms with Crippen LogP contribution >= 0.6 is 0 Å². The van der Waals surface area contributed by atoms with Gasteiger partial charge in [0.25, 0.3) is 0 Å². The molecular weight excluding hydrogens is 384 g/mol. The third-order valence-corrected chi connectivity index (χ3v) is 5.09. The zero-order chi connectivity index (χ0) is 23.2. The van der Waals surface area contributed by atoms with Crippen LogP contribution in [0, 0.1) is 5.92 Å². The van der Waals surface area contributed by atoms with Crippen molar-refractivity contribution in [3.8, 4) is 0 Å². The molecule has 31 heavy (non-hydrogen) atoms. The molecule has 1 aliphatic rings.